The molecule has 0 bridgehead atoms. The summed E-state index contributed by atoms with van der Waals surface area (Å²) < 4.78 is 1.92. The molecule has 2 aromatic carbocycles. The SMILES string of the molecule is Cc1cc(C)c2[nH]c(=O)c(CN(Cc3nnnn3CCc3ccccc3)C3CCCCC3)cc2c1. The minimum Gasteiger partial charge on any atom is -0.321 e. The first-order valence-corrected chi connectivity index (χ1v) is 12.7. The van der Waals surface area contributed by atoms with Crippen LogP contribution >= 0.6 is 0 Å². The van der Waals surface area contributed by atoms with Crippen LogP contribution in [0, 0.1) is 13.8 Å². The van der Waals surface area contributed by atoms with Gasteiger partial charge in [-0.15, -0.1) is 5.10 Å². The second kappa shape index (κ2) is 10.5. The largest absolute Gasteiger partial charge is 0.321 e. The van der Waals surface area contributed by atoms with Gasteiger partial charge in [0.05, 0.1) is 12.1 Å². The predicted octanol–water partition coefficient (Wildman–Crippen LogP) is 4.71. The summed E-state index contributed by atoms with van der Waals surface area (Å²) in [7, 11) is 0. The van der Waals surface area contributed by atoms with Crippen LogP contribution < -0.4 is 5.56 Å². The van der Waals surface area contributed by atoms with E-state index in [9.17, 15) is 4.79 Å². The van der Waals surface area contributed by atoms with Gasteiger partial charge < -0.3 is 4.98 Å². The Morgan fingerprint density at radius 3 is 2.63 bits per heavy atom. The Bertz CT molecular complexity index is 1340. The summed E-state index contributed by atoms with van der Waals surface area (Å²) in [5.41, 5.74) is 5.30. The first kappa shape index (κ1) is 23.4. The zero-order chi connectivity index (χ0) is 24.2. The van der Waals surface area contributed by atoms with Crippen LogP contribution in [-0.2, 0) is 26.1 Å². The van der Waals surface area contributed by atoms with Crippen molar-refractivity contribution < 1.29 is 0 Å². The van der Waals surface area contributed by atoms with Crippen molar-refractivity contribution in [2.75, 3.05) is 0 Å². The number of aromatic amines is 1. The molecule has 0 amide bonds. The lowest BCUT2D eigenvalue weighted by atomic mass is 9.93. The van der Waals surface area contributed by atoms with E-state index in [2.05, 4.69) is 81.7 Å². The second-order valence-electron chi connectivity index (χ2n) is 9.92. The molecule has 1 saturated carbocycles. The number of hydrogen-bond acceptors (Lipinski definition) is 5. The average molecular weight is 471 g/mol. The van der Waals surface area contributed by atoms with Crippen molar-refractivity contribution in [3.63, 3.8) is 0 Å². The molecular formula is C28H34N6O. The smallest absolute Gasteiger partial charge is 0.252 e. The number of pyridine rings is 1. The number of rotatable bonds is 8. The van der Waals surface area contributed by atoms with Gasteiger partial charge in [-0.2, -0.15) is 0 Å². The Morgan fingerprint density at radius 2 is 1.83 bits per heavy atom. The van der Waals surface area contributed by atoms with Crippen LogP contribution in [0.5, 0.6) is 0 Å². The van der Waals surface area contributed by atoms with Gasteiger partial charge in [-0.05, 0) is 72.2 Å². The lowest BCUT2D eigenvalue weighted by Gasteiger charge is -2.33. The van der Waals surface area contributed by atoms with Gasteiger partial charge in [0.1, 0.15) is 0 Å². The van der Waals surface area contributed by atoms with E-state index in [4.69, 9.17) is 0 Å². The first-order valence-electron chi connectivity index (χ1n) is 12.7. The molecule has 0 spiro atoms. The molecule has 35 heavy (non-hydrogen) atoms. The van der Waals surface area contributed by atoms with Crippen molar-refractivity contribution in [2.45, 2.75) is 78.0 Å². The fraction of sp³-hybridized carbons (Fsp3) is 0.429. The normalized spacial score (nSPS) is 14.7. The molecule has 2 aromatic heterocycles. The molecule has 7 nitrogen and oxygen atoms in total. The number of nitrogens with zero attached hydrogens (tertiary/aromatic N) is 5. The van der Waals surface area contributed by atoms with E-state index in [1.807, 2.05) is 10.7 Å². The van der Waals surface area contributed by atoms with E-state index in [0.29, 0.717) is 19.1 Å². The van der Waals surface area contributed by atoms with Gasteiger partial charge in [-0.25, -0.2) is 4.68 Å². The molecular weight excluding hydrogens is 436 g/mol. The van der Waals surface area contributed by atoms with E-state index in [1.54, 1.807) is 0 Å². The predicted molar refractivity (Wildman–Crippen MR) is 138 cm³/mol. The van der Waals surface area contributed by atoms with Gasteiger partial charge in [0.2, 0.25) is 0 Å². The van der Waals surface area contributed by atoms with Gasteiger partial charge in [0, 0.05) is 24.7 Å². The summed E-state index contributed by atoms with van der Waals surface area (Å²) in [6.45, 7) is 6.11. The van der Waals surface area contributed by atoms with Crippen molar-refractivity contribution >= 4 is 10.9 Å². The van der Waals surface area contributed by atoms with Crippen molar-refractivity contribution in [1.29, 1.82) is 0 Å². The quantitative estimate of drug-likeness (QED) is 0.403. The van der Waals surface area contributed by atoms with Crippen molar-refractivity contribution in [1.82, 2.24) is 30.1 Å². The fourth-order valence-electron chi connectivity index (χ4n) is 5.40. The Hall–Kier alpha value is -3.32. The summed E-state index contributed by atoms with van der Waals surface area (Å²) in [4.78, 5) is 18.7. The van der Waals surface area contributed by atoms with E-state index in [0.717, 1.165) is 53.7 Å². The number of hydrogen-bond donors (Lipinski definition) is 1. The molecule has 2 heterocycles. The fourth-order valence-corrected chi connectivity index (χ4v) is 5.40. The summed E-state index contributed by atoms with van der Waals surface area (Å²) in [6.07, 6.45) is 6.92. The van der Waals surface area contributed by atoms with Gasteiger partial charge in [0.15, 0.2) is 5.82 Å². The topological polar surface area (TPSA) is 79.7 Å². The van der Waals surface area contributed by atoms with Crippen LogP contribution in [0.4, 0.5) is 0 Å². The molecule has 1 fully saturated rings. The third-order valence-electron chi connectivity index (χ3n) is 7.24. The molecule has 5 rings (SSSR count). The zero-order valence-electron chi connectivity index (χ0n) is 20.7. The number of benzene rings is 2. The van der Waals surface area contributed by atoms with Crippen molar-refractivity contribution in [3.05, 3.63) is 87.0 Å². The van der Waals surface area contributed by atoms with Crippen LogP contribution in [0.2, 0.25) is 0 Å². The number of H-pyrrole nitrogens is 1. The van der Waals surface area contributed by atoms with Gasteiger partial charge in [0.25, 0.3) is 5.56 Å². The van der Waals surface area contributed by atoms with Crippen LogP contribution in [0.3, 0.4) is 0 Å². The molecule has 4 aromatic rings. The zero-order valence-corrected chi connectivity index (χ0v) is 20.7. The Balaban J connectivity index is 1.40. The monoisotopic (exact) mass is 470 g/mol. The maximum Gasteiger partial charge on any atom is 0.252 e. The molecule has 1 aliphatic carbocycles. The summed E-state index contributed by atoms with van der Waals surface area (Å²) in [6, 6.07) is 17.2. The van der Waals surface area contributed by atoms with Crippen LogP contribution in [0.15, 0.2) is 53.3 Å². The highest BCUT2D eigenvalue weighted by molar-refractivity contribution is 5.82. The van der Waals surface area contributed by atoms with Crippen LogP contribution in [0.25, 0.3) is 10.9 Å². The van der Waals surface area contributed by atoms with Gasteiger partial charge in [-0.3, -0.25) is 9.69 Å². The maximum absolute atomic E-state index is 13.1. The number of nitrogens with one attached hydrogen (secondary N) is 1. The molecule has 182 valence electrons. The highest BCUT2D eigenvalue weighted by Crippen LogP contribution is 2.26. The summed E-state index contributed by atoms with van der Waals surface area (Å²) >= 11 is 0. The maximum atomic E-state index is 13.1. The summed E-state index contributed by atoms with van der Waals surface area (Å²) in [5.74, 6) is 0.857. The first-order chi connectivity index (χ1) is 17.1. The van der Waals surface area contributed by atoms with E-state index in [1.165, 1.54) is 30.4 Å². The summed E-state index contributed by atoms with van der Waals surface area (Å²) in [5, 5.41) is 13.7. The van der Waals surface area contributed by atoms with Crippen molar-refractivity contribution in [2.24, 2.45) is 0 Å². The van der Waals surface area contributed by atoms with Crippen molar-refractivity contribution in [3.8, 4) is 0 Å². The Morgan fingerprint density at radius 1 is 1.03 bits per heavy atom. The lowest BCUT2D eigenvalue weighted by Crippen LogP contribution is -2.38. The second-order valence-corrected chi connectivity index (χ2v) is 9.92. The lowest BCUT2D eigenvalue weighted by molar-refractivity contribution is 0.133. The molecule has 0 radical (unpaired) electrons. The molecule has 1 N–H and O–H groups in total. The Kier molecular flexibility index (Phi) is 7.04. The minimum absolute atomic E-state index is 0.00562. The average Bonchev–Trinajstić information content (AvgIpc) is 3.31. The third-order valence-corrected chi connectivity index (χ3v) is 7.24. The molecule has 1 aliphatic rings. The number of fused-ring (bicyclic) bond motifs is 1. The molecule has 0 atom stereocenters. The van der Waals surface area contributed by atoms with E-state index < -0.39 is 0 Å². The highest BCUT2D eigenvalue weighted by atomic mass is 16.1. The molecule has 0 aliphatic heterocycles. The Labute approximate surface area is 206 Å². The van der Waals surface area contributed by atoms with E-state index in [-0.39, 0.29) is 5.56 Å². The molecule has 0 saturated heterocycles. The van der Waals surface area contributed by atoms with Crippen LogP contribution in [0.1, 0.15) is 60.2 Å². The minimum atomic E-state index is -0.00562. The molecule has 0 unspecified atom stereocenters. The number of aryl methyl sites for hydroxylation is 4. The molecule has 7 heteroatoms. The van der Waals surface area contributed by atoms with E-state index >= 15 is 0 Å². The number of tetrazole rings is 1. The number of aromatic nitrogens is 5. The van der Waals surface area contributed by atoms with Crippen LogP contribution in [-0.4, -0.2) is 36.1 Å². The third kappa shape index (κ3) is 5.51. The van der Waals surface area contributed by atoms with Gasteiger partial charge in [-0.1, -0.05) is 61.2 Å². The van der Waals surface area contributed by atoms with Gasteiger partial charge >= 0.3 is 0 Å². The highest BCUT2D eigenvalue weighted by Gasteiger charge is 2.24. The standard InChI is InChI=1S/C28H34N6O/c1-20-15-21(2)27-23(16-20)17-24(28(35)29-27)18-33(25-11-7-4-8-12-25)19-26-30-31-32-34(26)14-13-22-9-5-3-6-10-22/h3,5-6,9-10,15-17,25H,4,7-8,11-14,18-19H2,1-2H3,(H,29,35).